The predicted molar refractivity (Wildman–Crippen MR) is 105 cm³/mol. The van der Waals surface area contributed by atoms with Crippen molar-refractivity contribution in [3.05, 3.63) is 59.2 Å². The molecule has 6 nitrogen and oxygen atoms in total. The molecule has 0 radical (unpaired) electrons. The second-order valence-electron chi connectivity index (χ2n) is 7.34. The van der Waals surface area contributed by atoms with E-state index >= 15 is 0 Å². The van der Waals surface area contributed by atoms with E-state index in [1.165, 1.54) is 0 Å². The third-order valence-electron chi connectivity index (χ3n) is 4.31. The summed E-state index contributed by atoms with van der Waals surface area (Å²) in [6, 6.07) is 11.3. The summed E-state index contributed by atoms with van der Waals surface area (Å²) in [6.07, 6.45) is 0.993. The van der Waals surface area contributed by atoms with Gasteiger partial charge < -0.3 is 14.8 Å². The Morgan fingerprint density at radius 3 is 2.68 bits per heavy atom. The number of Topliss-reactive ketones (excluding diaryl/α,β-unsaturated/α-hetero) is 1. The maximum Gasteiger partial charge on any atom is 0.338 e. The number of ether oxygens (including phenoxy) is 2. The lowest BCUT2D eigenvalue weighted by molar-refractivity contribution is 0.0504. The van der Waals surface area contributed by atoms with Gasteiger partial charge in [-0.2, -0.15) is 0 Å². The number of esters is 1. The molecule has 0 aliphatic carbocycles. The average molecular weight is 381 g/mol. The number of nitrogens with one attached hydrogen (secondary N) is 1. The zero-order valence-electron chi connectivity index (χ0n) is 16.2. The first-order chi connectivity index (χ1) is 13.3. The molecule has 1 aliphatic heterocycles. The van der Waals surface area contributed by atoms with Crippen molar-refractivity contribution in [3.63, 3.8) is 0 Å². The highest BCUT2D eigenvalue weighted by Gasteiger charge is 2.32. The van der Waals surface area contributed by atoms with Crippen LogP contribution >= 0.6 is 0 Å². The van der Waals surface area contributed by atoms with E-state index in [1.54, 1.807) is 42.5 Å². The van der Waals surface area contributed by atoms with Crippen LogP contribution in [0.1, 0.15) is 64.7 Å². The first-order valence-electron chi connectivity index (χ1n) is 9.24. The van der Waals surface area contributed by atoms with Gasteiger partial charge in [-0.3, -0.25) is 9.59 Å². The minimum atomic E-state index is -0.555. The van der Waals surface area contributed by atoms with E-state index in [0.29, 0.717) is 34.7 Å². The number of carbonyl (C=O) groups excluding carboxylic acids is 3. The second kappa shape index (κ2) is 7.84. The van der Waals surface area contributed by atoms with E-state index in [1.807, 2.05) is 20.8 Å². The van der Waals surface area contributed by atoms with Gasteiger partial charge in [0.15, 0.2) is 5.78 Å². The molecule has 0 fully saturated rings. The number of fused-ring (bicyclic) bond motifs is 1. The molecule has 0 saturated heterocycles. The van der Waals surface area contributed by atoms with Crippen LogP contribution in [-0.4, -0.2) is 29.9 Å². The van der Waals surface area contributed by atoms with Crippen molar-refractivity contribution in [2.45, 2.75) is 39.2 Å². The molecule has 146 valence electrons. The molecule has 1 aliphatic rings. The summed E-state index contributed by atoms with van der Waals surface area (Å²) in [4.78, 5) is 37.0. The Kier molecular flexibility index (Phi) is 5.49. The molecule has 3 rings (SSSR count). The van der Waals surface area contributed by atoms with Gasteiger partial charge in [0.25, 0.3) is 5.91 Å². The van der Waals surface area contributed by atoms with Gasteiger partial charge in [-0.25, -0.2) is 4.79 Å². The van der Waals surface area contributed by atoms with E-state index in [-0.39, 0.29) is 18.1 Å². The van der Waals surface area contributed by atoms with E-state index in [9.17, 15) is 14.4 Å². The topological polar surface area (TPSA) is 81.7 Å². The van der Waals surface area contributed by atoms with Crippen LogP contribution in [0.15, 0.2) is 42.5 Å². The van der Waals surface area contributed by atoms with Crippen LogP contribution < -0.4 is 10.1 Å². The van der Waals surface area contributed by atoms with Crippen LogP contribution in [0.25, 0.3) is 0 Å². The fourth-order valence-electron chi connectivity index (χ4n) is 3.00. The van der Waals surface area contributed by atoms with Crippen LogP contribution in [0.3, 0.4) is 0 Å². The van der Waals surface area contributed by atoms with E-state index in [0.717, 1.165) is 6.42 Å². The summed E-state index contributed by atoms with van der Waals surface area (Å²) < 4.78 is 10.9. The Morgan fingerprint density at radius 1 is 1.14 bits per heavy atom. The van der Waals surface area contributed by atoms with Crippen molar-refractivity contribution in [1.82, 2.24) is 0 Å². The predicted octanol–water partition coefficient (Wildman–Crippen LogP) is 4.25. The molecule has 2 aromatic rings. The number of amides is 1. The molecule has 1 heterocycles. The summed E-state index contributed by atoms with van der Waals surface area (Å²) in [6.45, 7) is 5.97. The number of rotatable bonds is 5. The smallest absolute Gasteiger partial charge is 0.338 e. The molecule has 28 heavy (non-hydrogen) atoms. The summed E-state index contributed by atoms with van der Waals surface area (Å²) in [5, 5.41) is 2.75. The molecule has 1 amide bonds. The number of carbonyl (C=O) groups is 3. The second-order valence-corrected chi connectivity index (χ2v) is 7.34. The lowest BCUT2D eigenvalue weighted by Gasteiger charge is -2.31. The van der Waals surface area contributed by atoms with Crippen LogP contribution in [0, 0.1) is 0 Å². The van der Waals surface area contributed by atoms with Crippen molar-refractivity contribution >= 4 is 23.3 Å². The van der Waals surface area contributed by atoms with Gasteiger partial charge in [0, 0.05) is 11.3 Å². The van der Waals surface area contributed by atoms with Gasteiger partial charge in [0.1, 0.15) is 11.4 Å². The maximum absolute atomic E-state index is 12.6. The molecule has 0 spiro atoms. The van der Waals surface area contributed by atoms with Crippen molar-refractivity contribution in [2.24, 2.45) is 0 Å². The fraction of sp³-hybridized carbons (Fsp3) is 0.318. The Balaban J connectivity index is 1.76. The van der Waals surface area contributed by atoms with E-state index < -0.39 is 11.6 Å². The Morgan fingerprint density at radius 2 is 1.93 bits per heavy atom. The third kappa shape index (κ3) is 4.39. The van der Waals surface area contributed by atoms with Crippen LogP contribution in [0.4, 0.5) is 5.69 Å². The number of hydrogen-bond donors (Lipinski definition) is 1. The van der Waals surface area contributed by atoms with Crippen molar-refractivity contribution in [3.8, 4) is 5.75 Å². The number of hydrogen-bond acceptors (Lipinski definition) is 5. The van der Waals surface area contributed by atoms with E-state index in [4.69, 9.17) is 9.47 Å². The Hall–Kier alpha value is -3.15. The summed E-state index contributed by atoms with van der Waals surface area (Å²) in [5.74, 6) is -0.378. The van der Waals surface area contributed by atoms with E-state index in [2.05, 4.69) is 5.32 Å². The third-order valence-corrected chi connectivity index (χ3v) is 4.31. The number of benzene rings is 2. The minimum Gasteiger partial charge on any atom is -0.487 e. The van der Waals surface area contributed by atoms with Gasteiger partial charge in [0.05, 0.1) is 24.2 Å². The zero-order valence-corrected chi connectivity index (χ0v) is 16.2. The van der Waals surface area contributed by atoms with Crippen LogP contribution in [0.5, 0.6) is 5.75 Å². The number of ketones is 1. The fourth-order valence-corrected chi connectivity index (χ4v) is 3.00. The van der Waals surface area contributed by atoms with Crippen molar-refractivity contribution in [2.75, 3.05) is 11.9 Å². The van der Waals surface area contributed by atoms with Crippen molar-refractivity contribution < 1.29 is 23.9 Å². The van der Waals surface area contributed by atoms with Crippen molar-refractivity contribution in [1.29, 1.82) is 0 Å². The summed E-state index contributed by atoms with van der Waals surface area (Å²) in [5.41, 5.74) is 1.03. The number of anilines is 1. The highest BCUT2D eigenvalue weighted by atomic mass is 16.5. The van der Waals surface area contributed by atoms with Gasteiger partial charge in [-0.05, 0) is 56.7 Å². The Bertz CT molecular complexity index is 932. The maximum atomic E-state index is 12.6. The molecular weight excluding hydrogens is 358 g/mol. The molecule has 2 aromatic carbocycles. The zero-order chi connectivity index (χ0) is 20.3. The van der Waals surface area contributed by atoms with Gasteiger partial charge in [-0.1, -0.05) is 13.0 Å². The lowest BCUT2D eigenvalue weighted by atomic mass is 9.92. The first-order valence-corrected chi connectivity index (χ1v) is 9.24. The van der Waals surface area contributed by atoms with Crippen LogP contribution in [0.2, 0.25) is 0 Å². The van der Waals surface area contributed by atoms with Gasteiger partial charge in [-0.15, -0.1) is 0 Å². The quantitative estimate of drug-likeness (QED) is 0.783. The van der Waals surface area contributed by atoms with Gasteiger partial charge >= 0.3 is 5.97 Å². The molecule has 0 unspecified atom stereocenters. The minimum absolute atomic E-state index is 0.0541. The summed E-state index contributed by atoms with van der Waals surface area (Å²) in [7, 11) is 0. The van der Waals surface area contributed by atoms with Gasteiger partial charge in [0.2, 0.25) is 0 Å². The first kappa shape index (κ1) is 19.6. The SMILES string of the molecule is CCCOC(=O)c1cccc(NC(=O)c2ccc3c(c2)C(=O)CC(C)(C)O3)c1. The van der Waals surface area contributed by atoms with Crippen LogP contribution in [-0.2, 0) is 4.74 Å². The highest BCUT2D eigenvalue weighted by molar-refractivity contribution is 6.08. The molecule has 0 aromatic heterocycles. The average Bonchev–Trinajstić information content (AvgIpc) is 2.65. The largest absolute Gasteiger partial charge is 0.487 e. The lowest BCUT2D eigenvalue weighted by Crippen LogP contribution is -2.36. The molecule has 1 N–H and O–H groups in total. The normalized spacial score (nSPS) is 14.6. The molecule has 0 atom stereocenters. The highest BCUT2D eigenvalue weighted by Crippen LogP contribution is 2.33. The molecule has 0 saturated carbocycles. The molecule has 6 heteroatoms. The standard InChI is InChI=1S/C22H23NO5/c1-4-10-27-21(26)15-6-5-7-16(11-15)23-20(25)14-8-9-19-17(12-14)18(24)13-22(2,3)28-19/h5-9,11-12H,4,10,13H2,1-3H3,(H,23,25). The monoisotopic (exact) mass is 381 g/mol. The molecular formula is C22H23NO5. The molecule has 0 bridgehead atoms. The summed E-state index contributed by atoms with van der Waals surface area (Å²) >= 11 is 0. The Labute approximate surface area is 163 Å².